The van der Waals surface area contributed by atoms with Crippen molar-refractivity contribution in [3.05, 3.63) is 53.2 Å². The van der Waals surface area contributed by atoms with Gasteiger partial charge in [0, 0.05) is 5.75 Å². The van der Waals surface area contributed by atoms with E-state index in [-0.39, 0.29) is 5.12 Å². The molecule has 0 unspecified atom stereocenters. The summed E-state index contributed by atoms with van der Waals surface area (Å²) in [4.78, 5) is 16.3. The smallest absolute Gasteiger partial charge is 0.244 e. The molecule has 98 valence electrons. The highest BCUT2D eigenvalue weighted by Crippen LogP contribution is 2.31. The Hall–Kier alpha value is -1.26. The molecule has 1 aromatic rings. The van der Waals surface area contributed by atoms with Crippen LogP contribution in [0, 0.1) is 13.8 Å². The maximum Gasteiger partial charge on any atom is 0.244 e. The zero-order valence-electron chi connectivity index (χ0n) is 11.0. The van der Waals surface area contributed by atoms with Gasteiger partial charge in [0.1, 0.15) is 10.1 Å². The van der Waals surface area contributed by atoms with Gasteiger partial charge >= 0.3 is 0 Å². The summed E-state index contributed by atoms with van der Waals surface area (Å²) in [7, 11) is 0. The molecule has 1 heterocycles. The van der Waals surface area contributed by atoms with Crippen molar-refractivity contribution in [2.75, 3.05) is 5.75 Å². The molecule has 0 spiro atoms. The van der Waals surface area contributed by atoms with Gasteiger partial charge in [-0.25, -0.2) is 4.99 Å². The van der Waals surface area contributed by atoms with E-state index in [4.69, 9.17) is 0 Å². The third kappa shape index (κ3) is 3.61. The Morgan fingerprint density at radius 2 is 2.21 bits per heavy atom. The monoisotopic (exact) mass is 289 g/mol. The number of aryl methyl sites for hydroxylation is 2. The number of benzene rings is 1. The van der Waals surface area contributed by atoms with Crippen LogP contribution < -0.4 is 0 Å². The number of hydrogen-bond acceptors (Lipinski definition) is 4. The molecule has 0 saturated carbocycles. The van der Waals surface area contributed by atoms with Gasteiger partial charge in [-0.3, -0.25) is 4.79 Å². The van der Waals surface area contributed by atoms with Crippen LogP contribution in [-0.4, -0.2) is 15.2 Å². The van der Waals surface area contributed by atoms with Crippen LogP contribution in [0.5, 0.6) is 0 Å². The van der Waals surface area contributed by atoms with Crippen molar-refractivity contribution in [3.63, 3.8) is 0 Å². The lowest BCUT2D eigenvalue weighted by Crippen LogP contribution is -1.90. The summed E-state index contributed by atoms with van der Waals surface area (Å²) in [6.07, 6.45) is 3.68. The molecular formula is C15H15NOS2. The molecule has 19 heavy (non-hydrogen) atoms. The third-order valence-corrected chi connectivity index (χ3v) is 4.66. The molecule has 0 saturated heterocycles. The van der Waals surface area contributed by atoms with E-state index >= 15 is 0 Å². The minimum Gasteiger partial charge on any atom is -0.279 e. The molecular weight excluding hydrogens is 274 g/mol. The third-order valence-electron chi connectivity index (χ3n) is 2.65. The van der Waals surface area contributed by atoms with E-state index in [0.29, 0.717) is 5.70 Å². The summed E-state index contributed by atoms with van der Waals surface area (Å²) in [5, 5.41) is 0.0208. The quantitative estimate of drug-likeness (QED) is 0.617. The first-order valence-electron chi connectivity index (χ1n) is 5.93. The maximum absolute atomic E-state index is 11.9. The molecule has 0 radical (unpaired) electrons. The van der Waals surface area contributed by atoms with Gasteiger partial charge in [-0.1, -0.05) is 41.6 Å². The van der Waals surface area contributed by atoms with Gasteiger partial charge in [-0.15, -0.1) is 6.58 Å². The second-order valence-electron chi connectivity index (χ2n) is 4.26. The Morgan fingerprint density at radius 1 is 1.42 bits per heavy atom. The van der Waals surface area contributed by atoms with Gasteiger partial charge in [0.25, 0.3) is 0 Å². The number of hydrogen-bond donors (Lipinski definition) is 0. The highest BCUT2D eigenvalue weighted by molar-refractivity contribution is 8.45. The normalized spacial score (nSPS) is 16.8. The van der Waals surface area contributed by atoms with E-state index in [9.17, 15) is 4.79 Å². The lowest BCUT2D eigenvalue weighted by atomic mass is 10.0. The van der Waals surface area contributed by atoms with Gasteiger partial charge < -0.3 is 0 Å². The van der Waals surface area contributed by atoms with E-state index < -0.39 is 0 Å². The number of nitrogens with zero attached hydrogens (tertiary/aromatic N) is 1. The first-order valence-corrected chi connectivity index (χ1v) is 7.74. The molecule has 0 aromatic heterocycles. The molecule has 0 N–H and O–H groups in total. The second kappa shape index (κ2) is 6.26. The minimum atomic E-state index is 0.0208. The van der Waals surface area contributed by atoms with E-state index in [1.165, 1.54) is 17.3 Å². The van der Waals surface area contributed by atoms with Crippen molar-refractivity contribution in [1.29, 1.82) is 0 Å². The Balaban J connectivity index is 2.27. The number of carbonyl (C=O) groups is 1. The number of rotatable bonds is 3. The standard InChI is InChI=1S/C15H15NOS2/c1-4-7-18-15-16-13(14(17)19-15)9-12-8-10(2)5-6-11(12)3/h4-6,8-9H,1,7H2,2-3H3/b13-9-. The fourth-order valence-corrected chi connectivity index (χ4v) is 3.25. The molecule has 2 nitrogen and oxygen atoms in total. The van der Waals surface area contributed by atoms with Crippen LogP contribution in [0.3, 0.4) is 0 Å². The van der Waals surface area contributed by atoms with Gasteiger partial charge in [-0.05, 0) is 42.8 Å². The second-order valence-corrected chi connectivity index (χ2v) is 6.49. The topological polar surface area (TPSA) is 29.4 Å². The maximum atomic E-state index is 11.9. The van der Waals surface area contributed by atoms with Crippen LogP contribution in [0.2, 0.25) is 0 Å². The summed E-state index contributed by atoms with van der Waals surface area (Å²) in [6, 6.07) is 6.20. The van der Waals surface area contributed by atoms with Crippen molar-refractivity contribution < 1.29 is 4.79 Å². The van der Waals surface area contributed by atoms with E-state index in [0.717, 1.165) is 21.3 Å². The Labute approximate surface area is 122 Å². The Bertz CT molecular complexity index is 588. The molecule has 1 aliphatic rings. The fraction of sp³-hybridized carbons (Fsp3) is 0.200. The predicted octanol–water partition coefficient (Wildman–Crippen LogP) is 4.19. The van der Waals surface area contributed by atoms with E-state index in [1.54, 1.807) is 11.8 Å². The summed E-state index contributed by atoms with van der Waals surface area (Å²) >= 11 is 2.74. The van der Waals surface area contributed by atoms with Crippen molar-refractivity contribution in [2.45, 2.75) is 13.8 Å². The van der Waals surface area contributed by atoms with Crippen molar-refractivity contribution in [3.8, 4) is 0 Å². The van der Waals surface area contributed by atoms with E-state index in [1.807, 2.05) is 26.0 Å². The molecule has 0 aliphatic carbocycles. The first kappa shape index (κ1) is 14.2. The lowest BCUT2D eigenvalue weighted by molar-refractivity contribution is -0.107. The van der Waals surface area contributed by atoms with Crippen LogP contribution >= 0.6 is 23.5 Å². The summed E-state index contributed by atoms with van der Waals surface area (Å²) < 4.78 is 0.807. The average Bonchev–Trinajstić information content (AvgIpc) is 2.72. The van der Waals surface area contributed by atoms with Crippen LogP contribution in [0.1, 0.15) is 16.7 Å². The fourth-order valence-electron chi connectivity index (χ4n) is 1.64. The molecule has 0 bridgehead atoms. The molecule has 1 aromatic carbocycles. The van der Waals surface area contributed by atoms with Crippen LogP contribution in [0.4, 0.5) is 0 Å². The van der Waals surface area contributed by atoms with Crippen LogP contribution in [0.25, 0.3) is 6.08 Å². The van der Waals surface area contributed by atoms with Gasteiger partial charge in [0.2, 0.25) is 5.12 Å². The first-order chi connectivity index (χ1) is 9.10. The minimum absolute atomic E-state index is 0.0208. The number of thioether (sulfide) groups is 2. The molecule has 0 atom stereocenters. The summed E-state index contributed by atoms with van der Waals surface area (Å²) in [5.41, 5.74) is 3.92. The molecule has 1 aliphatic heterocycles. The van der Waals surface area contributed by atoms with Gasteiger partial charge in [0.15, 0.2) is 0 Å². The Morgan fingerprint density at radius 3 is 2.95 bits per heavy atom. The summed E-state index contributed by atoms with van der Waals surface area (Å²) in [6.45, 7) is 7.74. The zero-order chi connectivity index (χ0) is 13.8. The Kier molecular flexibility index (Phi) is 4.66. The molecule has 0 amide bonds. The van der Waals surface area contributed by atoms with Crippen LogP contribution in [-0.2, 0) is 4.79 Å². The zero-order valence-corrected chi connectivity index (χ0v) is 12.6. The van der Waals surface area contributed by atoms with Crippen molar-refractivity contribution in [1.82, 2.24) is 0 Å². The SMILES string of the molecule is C=CCSC1=N/C(=C\c2cc(C)ccc2C)C(=O)S1. The highest BCUT2D eigenvalue weighted by atomic mass is 32.2. The predicted molar refractivity (Wildman–Crippen MR) is 86.6 cm³/mol. The molecule has 4 heteroatoms. The molecule has 0 fully saturated rings. The average molecular weight is 289 g/mol. The van der Waals surface area contributed by atoms with E-state index in [2.05, 4.69) is 29.8 Å². The number of aliphatic imine (C=N–C) groups is 1. The van der Waals surface area contributed by atoms with Gasteiger partial charge in [0.05, 0.1) is 0 Å². The summed E-state index contributed by atoms with van der Waals surface area (Å²) in [5.74, 6) is 0.774. The van der Waals surface area contributed by atoms with Crippen LogP contribution in [0.15, 0.2) is 41.5 Å². The van der Waals surface area contributed by atoms with Gasteiger partial charge in [-0.2, -0.15) is 0 Å². The van der Waals surface area contributed by atoms with Crippen molar-refractivity contribution >= 4 is 39.1 Å². The largest absolute Gasteiger partial charge is 0.279 e. The number of carbonyl (C=O) groups excluding carboxylic acids is 1. The molecule has 2 rings (SSSR count). The highest BCUT2D eigenvalue weighted by Gasteiger charge is 2.22. The van der Waals surface area contributed by atoms with Crippen molar-refractivity contribution in [2.24, 2.45) is 4.99 Å². The lowest BCUT2D eigenvalue weighted by Gasteiger charge is -2.02.